The molecule has 0 saturated carbocycles. The van der Waals surface area contributed by atoms with E-state index in [1.54, 1.807) is 30.2 Å². The maximum atomic E-state index is 13.0. The quantitative estimate of drug-likeness (QED) is 0.157. The maximum absolute atomic E-state index is 13.0. The number of methoxy groups -OCH3 is 1. The molecule has 1 atom stereocenters. The van der Waals surface area contributed by atoms with E-state index in [0.717, 1.165) is 45.9 Å². The van der Waals surface area contributed by atoms with E-state index in [-0.39, 0.29) is 17.9 Å². The first-order valence-electron chi connectivity index (χ1n) is 14.4. The zero-order valence-electron chi connectivity index (χ0n) is 24.1. The number of thiophene rings is 1. The van der Waals surface area contributed by atoms with Crippen molar-refractivity contribution in [2.75, 3.05) is 32.5 Å². The highest BCUT2D eigenvalue weighted by atomic mass is 32.2. The van der Waals surface area contributed by atoms with Crippen LogP contribution in [0.2, 0.25) is 0 Å². The Morgan fingerprint density at radius 1 is 0.976 bits per heavy atom. The number of nitrogens with zero attached hydrogens (tertiary/aromatic N) is 5. The summed E-state index contributed by atoms with van der Waals surface area (Å²) >= 11 is 3.27. The van der Waals surface area contributed by atoms with E-state index in [1.165, 1.54) is 5.56 Å². The van der Waals surface area contributed by atoms with Gasteiger partial charge >= 0.3 is 0 Å². The summed E-state index contributed by atoms with van der Waals surface area (Å²) in [5.41, 5.74) is 2.17. The van der Waals surface area contributed by atoms with Crippen molar-refractivity contribution in [3.8, 4) is 11.4 Å². The molecule has 4 aromatic rings. The van der Waals surface area contributed by atoms with Gasteiger partial charge in [0.15, 0.2) is 5.16 Å². The van der Waals surface area contributed by atoms with Gasteiger partial charge in [0.25, 0.3) is 0 Å². The Labute approximate surface area is 255 Å². The van der Waals surface area contributed by atoms with Crippen molar-refractivity contribution in [3.05, 3.63) is 88.4 Å². The number of unbranched alkanes of at least 4 members (excludes halogenated alkanes) is 1. The molecule has 0 spiro atoms. The average molecular weight is 604 g/mol. The lowest BCUT2D eigenvalue weighted by Crippen LogP contribution is -2.55. The standard InChI is InChI=1S/C32H37N5O3S2/c1-24-23-35(17-18-36(24)31(39)22-28-11-8-20-41-28)30(38)12-6-7-19-42-32-34-33-29(21-25-9-4-3-5-10-25)37(32)26-13-15-27(40-2)16-14-26/h3-5,8-11,13-16,20,24H,6-7,12,17-19,21-23H2,1-2H3. The van der Waals surface area contributed by atoms with Crippen LogP contribution in [-0.2, 0) is 22.4 Å². The van der Waals surface area contributed by atoms with Crippen LogP contribution in [0.15, 0.2) is 77.3 Å². The van der Waals surface area contributed by atoms with Crippen LogP contribution in [0.5, 0.6) is 5.75 Å². The van der Waals surface area contributed by atoms with Crippen LogP contribution in [0.3, 0.4) is 0 Å². The lowest BCUT2D eigenvalue weighted by atomic mass is 10.1. The van der Waals surface area contributed by atoms with Crippen molar-refractivity contribution in [1.82, 2.24) is 24.6 Å². The first-order chi connectivity index (χ1) is 20.5. The topological polar surface area (TPSA) is 80.6 Å². The molecule has 1 unspecified atom stereocenters. The fraction of sp³-hybridized carbons (Fsp3) is 0.375. The molecular formula is C32H37N5O3S2. The Balaban J connectivity index is 1.11. The summed E-state index contributed by atoms with van der Waals surface area (Å²) in [5, 5.41) is 11.9. The van der Waals surface area contributed by atoms with Gasteiger partial charge in [-0.15, -0.1) is 21.5 Å². The minimum atomic E-state index is 0.0279. The third kappa shape index (κ3) is 7.60. The number of hydrogen-bond acceptors (Lipinski definition) is 7. The molecule has 2 aromatic heterocycles. The lowest BCUT2D eigenvalue weighted by molar-refractivity contribution is -0.142. The van der Waals surface area contributed by atoms with Gasteiger partial charge in [0.05, 0.1) is 13.5 Å². The van der Waals surface area contributed by atoms with Gasteiger partial charge in [-0.05, 0) is 61.0 Å². The number of thioether (sulfide) groups is 1. The van der Waals surface area contributed by atoms with Gasteiger partial charge in [-0.1, -0.05) is 48.2 Å². The minimum Gasteiger partial charge on any atom is -0.497 e. The second-order valence-electron chi connectivity index (χ2n) is 10.4. The molecule has 3 heterocycles. The Kier molecular flexibility index (Phi) is 10.3. The monoisotopic (exact) mass is 603 g/mol. The summed E-state index contributed by atoms with van der Waals surface area (Å²) in [5.74, 6) is 2.84. The van der Waals surface area contributed by atoms with E-state index in [4.69, 9.17) is 4.74 Å². The van der Waals surface area contributed by atoms with Crippen LogP contribution in [0.1, 0.15) is 42.5 Å². The van der Waals surface area contributed by atoms with Crippen LogP contribution in [0.4, 0.5) is 0 Å². The Hall–Kier alpha value is -3.63. The summed E-state index contributed by atoms with van der Waals surface area (Å²) in [6.07, 6.45) is 3.34. The summed E-state index contributed by atoms with van der Waals surface area (Å²) in [4.78, 5) is 30.6. The highest BCUT2D eigenvalue weighted by molar-refractivity contribution is 7.99. The van der Waals surface area contributed by atoms with Crippen LogP contribution in [0.25, 0.3) is 5.69 Å². The number of carbonyl (C=O) groups excluding carboxylic acids is 2. The van der Waals surface area contributed by atoms with Crippen LogP contribution in [-0.4, -0.2) is 74.9 Å². The van der Waals surface area contributed by atoms with Crippen molar-refractivity contribution >= 4 is 34.9 Å². The van der Waals surface area contributed by atoms with E-state index in [1.807, 2.05) is 76.7 Å². The number of benzene rings is 2. The first kappa shape index (κ1) is 29.8. The smallest absolute Gasteiger partial charge is 0.228 e. The molecule has 220 valence electrons. The maximum Gasteiger partial charge on any atom is 0.228 e. The van der Waals surface area contributed by atoms with Gasteiger partial charge in [-0.25, -0.2) is 0 Å². The van der Waals surface area contributed by atoms with E-state index < -0.39 is 0 Å². The van der Waals surface area contributed by atoms with Gasteiger partial charge in [0, 0.05) is 54.8 Å². The molecule has 1 aliphatic heterocycles. The molecule has 1 aliphatic rings. The molecule has 0 aliphatic carbocycles. The molecule has 5 rings (SSSR count). The third-order valence-electron chi connectivity index (χ3n) is 7.46. The Bertz CT molecular complexity index is 1440. The summed E-state index contributed by atoms with van der Waals surface area (Å²) in [6, 6.07) is 22.2. The van der Waals surface area contributed by atoms with Crippen molar-refractivity contribution in [2.45, 2.75) is 50.2 Å². The number of piperazine rings is 1. The van der Waals surface area contributed by atoms with Crippen molar-refractivity contribution in [2.24, 2.45) is 0 Å². The lowest BCUT2D eigenvalue weighted by Gasteiger charge is -2.40. The summed E-state index contributed by atoms with van der Waals surface area (Å²) < 4.78 is 7.46. The predicted molar refractivity (Wildman–Crippen MR) is 168 cm³/mol. The second kappa shape index (κ2) is 14.5. The molecule has 1 saturated heterocycles. The highest BCUT2D eigenvalue weighted by Gasteiger charge is 2.29. The molecule has 0 radical (unpaired) electrons. The van der Waals surface area contributed by atoms with Crippen molar-refractivity contribution < 1.29 is 14.3 Å². The van der Waals surface area contributed by atoms with Crippen LogP contribution >= 0.6 is 23.1 Å². The number of hydrogen-bond donors (Lipinski definition) is 0. The summed E-state index contributed by atoms with van der Waals surface area (Å²) in [6.45, 7) is 3.83. The number of amides is 2. The zero-order valence-corrected chi connectivity index (χ0v) is 25.8. The van der Waals surface area contributed by atoms with E-state index in [0.29, 0.717) is 38.9 Å². The largest absolute Gasteiger partial charge is 0.497 e. The van der Waals surface area contributed by atoms with Crippen LogP contribution < -0.4 is 4.74 Å². The minimum absolute atomic E-state index is 0.0279. The number of carbonyl (C=O) groups is 2. The number of rotatable bonds is 12. The fourth-order valence-electron chi connectivity index (χ4n) is 5.20. The van der Waals surface area contributed by atoms with E-state index in [9.17, 15) is 9.59 Å². The van der Waals surface area contributed by atoms with Crippen molar-refractivity contribution in [1.29, 1.82) is 0 Å². The summed E-state index contributed by atoms with van der Waals surface area (Å²) in [7, 11) is 1.66. The molecule has 2 aromatic carbocycles. The number of aromatic nitrogens is 3. The van der Waals surface area contributed by atoms with Crippen LogP contribution in [0, 0.1) is 0 Å². The first-order valence-corrected chi connectivity index (χ1v) is 16.2. The Morgan fingerprint density at radius 2 is 1.79 bits per heavy atom. The van der Waals surface area contributed by atoms with E-state index in [2.05, 4.69) is 26.9 Å². The SMILES string of the molecule is COc1ccc(-n2c(Cc3ccccc3)nnc2SCCCCC(=O)N2CCN(C(=O)Cc3cccs3)C(C)C2)cc1. The fourth-order valence-corrected chi connectivity index (χ4v) is 6.86. The van der Waals surface area contributed by atoms with Gasteiger partial charge in [-0.3, -0.25) is 14.2 Å². The molecule has 8 nitrogen and oxygen atoms in total. The van der Waals surface area contributed by atoms with Gasteiger partial charge in [-0.2, -0.15) is 0 Å². The molecule has 10 heteroatoms. The van der Waals surface area contributed by atoms with Gasteiger partial charge < -0.3 is 14.5 Å². The average Bonchev–Trinajstić information content (AvgIpc) is 3.67. The van der Waals surface area contributed by atoms with E-state index >= 15 is 0 Å². The molecule has 2 amide bonds. The van der Waals surface area contributed by atoms with Gasteiger partial charge in [0.2, 0.25) is 11.8 Å². The van der Waals surface area contributed by atoms with Gasteiger partial charge in [0.1, 0.15) is 11.6 Å². The number of ether oxygens (including phenoxy) is 1. The molecule has 0 N–H and O–H groups in total. The highest BCUT2D eigenvalue weighted by Crippen LogP contribution is 2.26. The molecule has 42 heavy (non-hydrogen) atoms. The second-order valence-corrected chi connectivity index (χ2v) is 12.5. The molecular weight excluding hydrogens is 567 g/mol. The molecule has 0 bridgehead atoms. The van der Waals surface area contributed by atoms with Crippen molar-refractivity contribution in [3.63, 3.8) is 0 Å². The normalized spacial score (nSPS) is 15.1. The third-order valence-corrected chi connectivity index (χ3v) is 9.35. The molecule has 1 fully saturated rings. The zero-order chi connectivity index (χ0) is 29.3. The Morgan fingerprint density at radius 3 is 2.50 bits per heavy atom. The predicted octanol–water partition coefficient (Wildman–Crippen LogP) is 5.49.